The van der Waals surface area contributed by atoms with Crippen LogP contribution in [0.15, 0.2) is 24.3 Å². The molecule has 3 fully saturated rings. The first-order chi connectivity index (χ1) is 8.03. The lowest BCUT2D eigenvalue weighted by Gasteiger charge is -2.50. The molecule has 0 amide bonds. The van der Waals surface area contributed by atoms with Gasteiger partial charge in [-0.25, -0.2) is 4.79 Å². The summed E-state index contributed by atoms with van der Waals surface area (Å²) in [4.78, 5) is 11.7. The largest absolute Gasteiger partial charge is 0.458 e. The second-order valence-electron chi connectivity index (χ2n) is 6.18. The Bertz CT molecular complexity index is 409. The van der Waals surface area contributed by atoms with Crippen molar-refractivity contribution in [2.45, 2.75) is 45.1 Å². The van der Waals surface area contributed by atoms with Gasteiger partial charge in [-0.2, -0.15) is 0 Å². The monoisotopic (exact) mass is 232 g/mol. The van der Waals surface area contributed by atoms with E-state index in [9.17, 15) is 4.79 Å². The van der Waals surface area contributed by atoms with Crippen LogP contribution in [0.3, 0.4) is 0 Å². The first-order valence-electron chi connectivity index (χ1n) is 6.60. The Hall–Kier alpha value is -1.05. The minimum Gasteiger partial charge on any atom is -0.458 e. The molecular formula is C15H20O2. The molecule has 0 bridgehead atoms. The van der Waals surface area contributed by atoms with E-state index in [0.29, 0.717) is 16.9 Å². The molecule has 2 saturated carbocycles. The number of carbonyl (C=O) groups excluding carboxylic acids is 1. The molecule has 3 aliphatic rings. The molecule has 1 heterocycles. The van der Waals surface area contributed by atoms with E-state index in [1.807, 2.05) is 0 Å². The lowest BCUT2D eigenvalue weighted by molar-refractivity contribution is -0.145. The minimum absolute atomic E-state index is 0.0292. The summed E-state index contributed by atoms with van der Waals surface area (Å²) in [6.07, 6.45) is 5.82. The highest BCUT2D eigenvalue weighted by atomic mass is 16.6. The smallest absolute Gasteiger partial charge is 0.334 e. The van der Waals surface area contributed by atoms with Crippen LogP contribution in [0.1, 0.15) is 39.0 Å². The third-order valence-corrected chi connectivity index (χ3v) is 5.14. The number of fused-ring (bicyclic) bond motifs is 3. The maximum absolute atomic E-state index is 11.7. The van der Waals surface area contributed by atoms with E-state index in [4.69, 9.17) is 4.74 Å². The summed E-state index contributed by atoms with van der Waals surface area (Å²) in [7, 11) is 0. The molecule has 0 radical (unpaired) electrons. The van der Waals surface area contributed by atoms with Crippen LogP contribution in [0.5, 0.6) is 0 Å². The molecule has 2 aliphatic carbocycles. The van der Waals surface area contributed by atoms with E-state index in [-0.39, 0.29) is 18.0 Å². The summed E-state index contributed by atoms with van der Waals surface area (Å²) in [5, 5.41) is 0. The van der Waals surface area contributed by atoms with E-state index in [2.05, 4.69) is 20.1 Å². The molecule has 0 unspecified atom stereocenters. The van der Waals surface area contributed by atoms with Crippen LogP contribution < -0.4 is 0 Å². The van der Waals surface area contributed by atoms with Crippen molar-refractivity contribution in [3.8, 4) is 0 Å². The lowest BCUT2D eigenvalue weighted by Crippen LogP contribution is -2.46. The molecule has 0 aromatic rings. The van der Waals surface area contributed by atoms with Crippen LogP contribution in [-0.4, -0.2) is 12.1 Å². The van der Waals surface area contributed by atoms with Gasteiger partial charge in [0.15, 0.2) is 0 Å². The van der Waals surface area contributed by atoms with Gasteiger partial charge in [0.1, 0.15) is 6.10 Å². The molecule has 2 heteroatoms. The topological polar surface area (TPSA) is 26.3 Å². The molecule has 0 aromatic heterocycles. The second kappa shape index (κ2) is 3.47. The fourth-order valence-corrected chi connectivity index (χ4v) is 4.19. The van der Waals surface area contributed by atoms with E-state index in [1.165, 1.54) is 24.8 Å². The molecular weight excluding hydrogens is 212 g/mol. The zero-order chi connectivity index (χ0) is 12.2. The standard InChI is InChI=1S/C15H20O2/c1-9-5-4-7-15(3)8-6-11-10(2)14(16)17-13(11)12(9)15/h11-13H,1-2,4-8H2,3H3/t11-,12+,13-,15+/m0/s1. The predicted octanol–water partition coefficient (Wildman–Crippen LogP) is 3.24. The molecule has 2 nitrogen and oxygen atoms in total. The zero-order valence-corrected chi connectivity index (χ0v) is 10.5. The highest BCUT2D eigenvalue weighted by molar-refractivity contribution is 5.91. The summed E-state index contributed by atoms with van der Waals surface area (Å²) in [5.74, 6) is 0.427. The summed E-state index contributed by atoms with van der Waals surface area (Å²) in [5.41, 5.74) is 2.27. The summed E-state index contributed by atoms with van der Waals surface area (Å²) in [6, 6.07) is 0. The van der Waals surface area contributed by atoms with Crippen LogP contribution >= 0.6 is 0 Å². The number of ether oxygens (including phenoxy) is 1. The third kappa shape index (κ3) is 1.42. The van der Waals surface area contributed by atoms with Crippen LogP contribution in [0.2, 0.25) is 0 Å². The van der Waals surface area contributed by atoms with Gasteiger partial charge in [-0.1, -0.05) is 25.7 Å². The van der Waals surface area contributed by atoms with Gasteiger partial charge in [0, 0.05) is 17.4 Å². The van der Waals surface area contributed by atoms with Crippen LogP contribution in [0.25, 0.3) is 0 Å². The highest BCUT2D eigenvalue weighted by Gasteiger charge is 2.54. The van der Waals surface area contributed by atoms with Crippen molar-refractivity contribution < 1.29 is 9.53 Å². The molecule has 3 rings (SSSR count). The van der Waals surface area contributed by atoms with Crippen LogP contribution in [0.4, 0.5) is 0 Å². The van der Waals surface area contributed by atoms with Crippen molar-refractivity contribution in [1.29, 1.82) is 0 Å². The average molecular weight is 232 g/mol. The van der Waals surface area contributed by atoms with Crippen LogP contribution in [-0.2, 0) is 9.53 Å². The van der Waals surface area contributed by atoms with Gasteiger partial charge < -0.3 is 4.74 Å². The van der Waals surface area contributed by atoms with Crippen molar-refractivity contribution >= 4 is 5.97 Å². The Morgan fingerprint density at radius 3 is 2.88 bits per heavy atom. The number of rotatable bonds is 0. The normalized spacial score (nSPS) is 45.2. The Labute approximate surface area is 103 Å². The number of carbonyl (C=O) groups is 1. The predicted molar refractivity (Wildman–Crippen MR) is 66.3 cm³/mol. The Kier molecular flexibility index (Phi) is 2.26. The van der Waals surface area contributed by atoms with Crippen molar-refractivity contribution in [1.82, 2.24) is 0 Å². The molecule has 4 atom stereocenters. The Balaban J connectivity index is 1.98. The van der Waals surface area contributed by atoms with Crippen LogP contribution in [0, 0.1) is 17.3 Å². The van der Waals surface area contributed by atoms with Gasteiger partial charge in [-0.15, -0.1) is 0 Å². The van der Waals surface area contributed by atoms with Gasteiger partial charge in [-0.05, 0) is 37.5 Å². The van der Waals surface area contributed by atoms with Gasteiger partial charge in [-0.3, -0.25) is 0 Å². The van der Waals surface area contributed by atoms with E-state index in [1.54, 1.807) is 0 Å². The summed E-state index contributed by atoms with van der Waals surface area (Å²) in [6.45, 7) is 10.5. The Morgan fingerprint density at radius 1 is 1.35 bits per heavy atom. The zero-order valence-electron chi connectivity index (χ0n) is 10.5. The van der Waals surface area contributed by atoms with Crippen molar-refractivity contribution in [2.75, 3.05) is 0 Å². The van der Waals surface area contributed by atoms with Gasteiger partial charge in [0.25, 0.3) is 0 Å². The fraction of sp³-hybridized carbons (Fsp3) is 0.667. The SMILES string of the molecule is C=C1CCC[C@]2(C)CC[C@H]3C(=C)C(=O)O[C@@H]3[C@@H]12. The maximum atomic E-state index is 11.7. The Morgan fingerprint density at radius 2 is 2.12 bits per heavy atom. The van der Waals surface area contributed by atoms with E-state index >= 15 is 0 Å². The van der Waals surface area contributed by atoms with Crippen molar-refractivity contribution in [3.63, 3.8) is 0 Å². The fourth-order valence-electron chi connectivity index (χ4n) is 4.19. The molecule has 1 saturated heterocycles. The summed E-state index contributed by atoms with van der Waals surface area (Å²) < 4.78 is 5.58. The first-order valence-corrected chi connectivity index (χ1v) is 6.60. The number of hydrogen-bond donors (Lipinski definition) is 0. The molecule has 92 valence electrons. The quantitative estimate of drug-likeness (QED) is 0.364. The maximum Gasteiger partial charge on any atom is 0.334 e. The molecule has 0 spiro atoms. The van der Waals surface area contributed by atoms with Gasteiger partial charge in [0.2, 0.25) is 0 Å². The third-order valence-electron chi connectivity index (χ3n) is 5.14. The second-order valence-corrected chi connectivity index (χ2v) is 6.18. The van der Waals surface area contributed by atoms with Crippen molar-refractivity contribution in [2.24, 2.45) is 17.3 Å². The summed E-state index contributed by atoms with van der Waals surface area (Å²) >= 11 is 0. The van der Waals surface area contributed by atoms with Crippen molar-refractivity contribution in [3.05, 3.63) is 24.3 Å². The first kappa shape index (κ1) is 11.1. The minimum atomic E-state index is -0.178. The molecule has 0 N–H and O–H groups in total. The average Bonchev–Trinajstić information content (AvgIpc) is 2.54. The molecule has 0 aromatic carbocycles. The van der Waals surface area contributed by atoms with Gasteiger partial charge in [0.05, 0.1) is 0 Å². The lowest BCUT2D eigenvalue weighted by atomic mass is 9.55. The number of hydrogen-bond acceptors (Lipinski definition) is 2. The van der Waals surface area contributed by atoms with E-state index in [0.717, 1.165) is 12.8 Å². The molecule has 17 heavy (non-hydrogen) atoms. The van der Waals surface area contributed by atoms with E-state index < -0.39 is 0 Å². The highest BCUT2D eigenvalue weighted by Crippen LogP contribution is 2.57. The number of esters is 1. The van der Waals surface area contributed by atoms with Gasteiger partial charge >= 0.3 is 5.97 Å². The molecule has 1 aliphatic heterocycles.